The molecular formula is C33H40N2O3. The molecule has 3 aromatic rings. The molecule has 2 atom stereocenters. The van der Waals surface area contributed by atoms with Gasteiger partial charge in [0.25, 0.3) is 0 Å². The van der Waals surface area contributed by atoms with Crippen molar-refractivity contribution in [2.75, 3.05) is 45.3 Å². The molecule has 3 aromatic carbocycles. The number of nitrogens with zero attached hydrogens (tertiary/aromatic N) is 2. The van der Waals surface area contributed by atoms with E-state index in [2.05, 4.69) is 4.90 Å². The van der Waals surface area contributed by atoms with Crippen molar-refractivity contribution in [1.82, 2.24) is 4.90 Å². The van der Waals surface area contributed by atoms with Crippen LogP contribution in [0.4, 0.5) is 5.69 Å². The zero-order valence-electron chi connectivity index (χ0n) is 23.6. The molecule has 0 radical (unpaired) electrons. The van der Waals surface area contributed by atoms with E-state index in [-0.39, 0.29) is 11.6 Å². The quantitative estimate of drug-likeness (QED) is 0.345. The molecule has 4 rings (SSSR count). The minimum Gasteiger partial charge on any atom is -0.378 e. The van der Waals surface area contributed by atoms with Gasteiger partial charge in [-0.25, -0.2) is 0 Å². The van der Waals surface area contributed by atoms with Gasteiger partial charge in [0.05, 0.1) is 18.8 Å². The molecule has 1 fully saturated rings. The summed E-state index contributed by atoms with van der Waals surface area (Å²) in [6.07, 6.45) is 0.432. The predicted molar refractivity (Wildman–Crippen MR) is 155 cm³/mol. The Balaban J connectivity index is 1.78. The van der Waals surface area contributed by atoms with Crippen molar-refractivity contribution in [3.05, 3.63) is 100 Å². The van der Waals surface area contributed by atoms with Crippen molar-refractivity contribution >= 4 is 17.3 Å². The summed E-state index contributed by atoms with van der Waals surface area (Å²) in [6, 6.07) is 22.0. The van der Waals surface area contributed by atoms with Crippen LogP contribution in [0.15, 0.2) is 66.7 Å². The van der Waals surface area contributed by atoms with Gasteiger partial charge in [0, 0.05) is 35.8 Å². The average molecular weight is 513 g/mol. The Morgan fingerprint density at radius 1 is 0.921 bits per heavy atom. The zero-order chi connectivity index (χ0) is 27.4. The highest BCUT2D eigenvalue weighted by Gasteiger charge is 2.49. The largest absolute Gasteiger partial charge is 0.378 e. The molecule has 0 aromatic heterocycles. The molecule has 2 unspecified atom stereocenters. The van der Waals surface area contributed by atoms with Gasteiger partial charge in [0.15, 0.2) is 11.6 Å². The Kier molecular flexibility index (Phi) is 8.49. The predicted octanol–water partition coefficient (Wildman–Crippen LogP) is 5.69. The van der Waals surface area contributed by atoms with Crippen molar-refractivity contribution in [2.45, 2.75) is 39.7 Å². The van der Waals surface area contributed by atoms with Gasteiger partial charge >= 0.3 is 0 Å². The molecule has 1 heterocycles. The van der Waals surface area contributed by atoms with Crippen LogP contribution in [0.25, 0.3) is 0 Å². The smallest absolute Gasteiger partial charge is 0.184 e. The average Bonchev–Trinajstić information content (AvgIpc) is 2.91. The van der Waals surface area contributed by atoms with Crippen LogP contribution in [0.3, 0.4) is 0 Å². The number of carbonyl (C=O) groups excluding carboxylic acids is 2. The molecule has 38 heavy (non-hydrogen) atoms. The lowest BCUT2D eigenvalue weighted by atomic mass is 9.70. The maximum atomic E-state index is 14.6. The third kappa shape index (κ3) is 5.45. The number of ether oxygens (including phenoxy) is 1. The summed E-state index contributed by atoms with van der Waals surface area (Å²) < 4.78 is 5.49. The summed E-state index contributed by atoms with van der Waals surface area (Å²) in [7, 11) is 3.84. The molecule has 5 heteroatoms. The first-order valence-corrected chi connectivity index (χ1v) is 13.5. The molecule has 1 saturated heterocycles. The van der Waals surface area contributed by atoms with Gasteiger partial charge in [-0.15, -0.1) is 0 Å². The van der Waals surface area contributed by atoms with Gasteiger partial charge in [-0.3, -0.25) is 14.5 Å². The summed E-state index contributed by atoms with van der Waals surface area (Å²) in [6.45, 7) is 11.0. The topological polar surface area (TPSA) is 49.9 Å². The highest BCUT2D eigenvalue weighted by Crippen LogP contribution is 2.36. The number of morpholine rings is 1. The lowest BCUT2D eigenvalue weighted by molar-refractivity contribution is 0.0457. The maximum Gasteiger partial charge on any atom is 0.184 e. The first kappa shape index (κ1) is 27.7. The minimum absolute atomic E-state index is 0.00270. The van der Waals surface area contributed by atoms with E-state index < -0.39 is 11.5 Å². The van der Waals surface area contributed by atoms with E-state index in [0.29, 0.717) is 25.2 Å². The molecule has 0 N–H and O–H groups in total. The van der Waals surface area contributed by atoms with Crippen LogP contribution in [0.2, 0.25) is 0 Å². The Morgan fingerprint density at radius 2 is 1.50 bits per heavy atom. The fraction of sp³-hybridized carbons (Fsp3) is 0.394. The second kappa shape index (κ2) is 11.6. The van der Waals surface area contributed by atoms with Gasteiger partial charge in [-0.1, -0.05) is 55.0 Å². The summed E-state index contributed by atoms with van der Waals surface area (Å²) in [5.41, 5.74) is 5.41. The number of hydrogen-bond donors (Lipinski definition) is 0. The second-order valence-corrected chi connectivity index (χ2v) is 10.8. The van der Waals surface area contributed by atoms with Crippen molar-refractivity contribution < 1.29 is 14.3 Å². The van der Waals surface area contributed by atoms with E-state index in [1.165, 1.54) is 0 Å². The van der Waals surface area contributed by atoms with E-state index in [0.717, 1.165) is 46.6 Å². The lowest BCUT2D eigenvalue weighted by Crippen LogP contribution is -2.59. The summed E-state index contributed by atoms with van der Waals surface area (Å²) in [5, 5.41) is 0. The third-order valence-corrected chi connectivity index (χ3v) is 8.05. The van der Waals surface area contributed by atoms with E-state index in [4.69, 9.17) is 4.74 Å². The van der Waals surface area contributed by atoms with Crippen LogP contribution in [0.5, 0.6) is 0 Å². The van der Waals surface area contributed by atoms with Crippen molar-refractivity contribution in [2.24, 2.45) is 5.92 Å². The SMILES string of the molecule is Cc1cc(C)c(C(=O)C(C)C(Cc2ccccc2)(C(=O)c2ccc(N3CCOCC3)cc2)N(C)C)c(C)c1. The van der Waals surface area contributed by atoms with Gasteiger partial charge < -0.3 is 9.64 Å². The maximum absolute atomic E-state index is 14.6. The second-order valence-electron chi connectivity index (χ2n) is 10.8. The number of ketones is 2. The molecule has 5 nitrogen and oxygen atoms in total. The number of hydrogen-bond acceptors (Lipinski definition) is 5. The van der Waals surface area contributed by atoms with Crippen molar-refractivity contribution in [3.63, 3.8) is 0 Å². The summed E-state index contributed by atoms with van der Waals surface area (Å²) in [5.74, 6) is -0.615. The van der Waals surface area contributed by atoms with Crippen LogP contribution < -0.4 is 4.90 Å². The van der Waals surface area contributed by atoms with Crippen molar-refractivity contribution in [3.8, 4) is 0 Å². The first-order valence-electron chi connectivity index (χ1n) is 13.5. The Labute approximate surface area is 227 Å². The Morgan fingerprint density at radius 3 is 2.05 bits per heavy atom. The van der Waals surface area contributed by atoms with Gasteiger partial charge in [-0.2, -0.15) is 0 Å². The standard InChI is InChI=1S/C33H40N2O3/c1-23-20-24(2)30(25(3)21-23)31(36)26(4)33(34(5)6,22-27-10-8-7-9-11-27)32(37)28-12-14-29(15-13-28)35-16-18-38-19-17-35/h7-15,20-21,26H,16-19,22H2,1-6H3. The summed E-state index contributed by atoms with van der Waals surface area (Å²) in [4.78, 5) is 33.0. The molecule has 0 spiro atoms. The van der Waals surface area contributed by atoms with Crippen LogP contribution >= 0.6 is 0 Å². The number of rotatable bonds is 9. The fourth-order valence-electron chi connectivity index (χ4n) is 5.98. The Bertz CT molecular complexity index is 1250. The van der Waals surface area contributed by atoms with E-state index in [1.807, 2.05) is 113 Å². The number of benzene rings is 3. The Hall–Kier alpha value is -3.28. The van der Waals surface area contributed by atoms with Crippen LogP contribution in [-0.4, -0.2) is 62.4 Å². The summed E-state index contributed by atoms with van der Waals surface area (Å²) >= 11 is 0. The van der Waals surface area contributed by atoms with E-state index >= 15 is 0 Å². The molecular weight excluding hydrogens is 472 g/mol. The number of likely N-dealkylation sites (N-methyl/N-ethyl adjacent to an activating group) is 1. The van der Waals surface area contributed by atoms with E-state index in [1.54, 1.807) is 0 Å². The number of anilines is 1. The van der Waals surface area contributed by atoms with Gasteiger partial charge in [-0.05, 0) is 82.2 Å². The zero-order valence-corrected chi connectivity index (χ0v) is 23.6. The fourth-order valence-corrected chi connectivity index (χ4v) is 5.98. The number of Topliss-reactive ketones (excluding diaryl/α,β-unsaturated/α-hetero) is 2. The molecule has 0 amide bonds. The highest BCUT2D eigenvalue weighted by molar-refractivity contribution is 6.10. The molecule has 200 valence electrons. The van der Waals surface area contributed by atoms with Crippen LogP contribution in [0.1, 0.15) is 49.9 Å². The molecule has 1 aliphatic rings. The normalized spacial score (nSPS) is 16.2. The molecule has 0 aliphatic carbocycles. The van der Waals surface area contributed by atoms with Crippen molar-refractivity contribution in [1.29, 1.82) is 0 Å². The lowest BCUT2D eigenvalue weighted by Gasteiger charge is -2.43. The molecule has 1 aliphatic heterocycles. The van der Waals surface area contributed by atoms with Crippen LogP contribution in [-0.2, 0) is 11.2 Å². The highest BCUT2D eigenvalue weighted by atomic mass is 16.5. The first-order chi connectivity index (χ1) is 18.1. The van der Waals surface area contributed by atoms with Crippen LogP contribution in [0, 0.1) is 26.7 Å². The molecule has 0 bridgehead atoms. The number of carbonyl (C=O) groups is 2. The van der Waals surface area contributed by atoms with E-state index in [9.17, 15) is 9.59 Å². The molecule has 0 saturated carbocycles. The van der Waals surface area contributed by atoms with Gasteiger partial charge in [0.1, 0.15) is 0 Å². The number of aryl methyl sites for hydroxylation is 3. The minimum atomic E-state index is -1.07. The monoisotopic (exact) mass is 512 g/mol. The van der Waals surface area contributed by atoms with Gasteiger partial charge in [0.2, 0.25) is 0 Å². The third-order valence-electron chi connectivity index (χ3n) is 8.05.